The van der Waals surface area contributed by atoms with E-state index in [4.69, 9.17) is 24.3 Å². The van der Waals surface area contributed by atoms with E-state index >= 15 is 0 Å². The Morgan fingerprint density at radius 1 is 1.17 bits per heavy atom. The Bertz CT molecular complexity index is 1910. The first-order valence-corrected chi connectivity index (χ1v) is 17.6. The second-order valence-corrected chi connectivity index (χ2v) is 13.9. The molecule has 288 valence electrons. The molecule has 1 amide bonds. The zero-order valence-electron chi connectivity index (χ0n) is 27.8. The van der Waals surface area contributed by atoms with Gasteiger partial charge >= 0.3 is 31.2 Å². The quantitative estimate of drug-likeness (QED) is 0.0925. The number of halogens is 5. The maximum absolute atomic E-state index is 14.9. The molecular weight excluding hydrogens is 742 g/mol. The first-order chi connectivity index (χ1) is 24.9. The molecule has 3 heterocycles. The minimum Gasteiger partial charge on any atom is -0.450 e. The Hall–Kier alpha value is -4.53. The number of nitro benzene ring substituents is 1. The van der Waals surface area contributed by atoms with Crippen LogP contribution in [0.4, 0.5) is 33.5 Å². The number of nitro groups is 1. The van der Waals surface area contributed by atoms with Gasteiger partial charge < -0.3 is 25.2 Å². The summed E-state index contributed by atoms with van der Waals surface area (Å²) in [4.78, 5) is 40.7. The van der Waals surface area contributed by atoms with E-state index in [9.17, 15) is 51.3 Å². The number of carbonyl (C=O) groups is 1. The maximum atomic E-state index is 14.9. The third-order valence-corrected chi connectivity index (χ3v) is 10.1. The van der Waals surface area contributed by atoms with E-state index in [1.54, 1.807) is 0 Å². The SMILES string of the molecule is CCNP(=O)(OCc1ccc([N+](=O)[O-])c(Oc2ccc(C(=O)N3CCC(C(F)(F)F)CC3)cc2)c1)OCC1OC(n2ccc(N)nc2=O)C(F)(F)C1O. The minimum absolute atomic E-state index is 0.00952. The molecule has 53 heavy (non-hydrogen) atoms. The number of ether oxygens (including phenoxy) is 2. The van der Waals surface area contributed by atoms with Crippen molar-refractivity contribution in [1.29, 1.82) is 0 Å². The zero-order valence-corrected chi connectivity index (χ0v) is 28.7. The molecule has 4 unspecified atom stereocenters. The van der Waals surface area contributed by atoms with E-state index in [0.717, 1.165) is 18.3 Å². The van der Waals surface area contributed by atoms with E-state index in [1.165, 1.54) is 48.2 Å². The second kappa shape index (κ2) is 15.8. The van der Waals surface area contributed by atoms with Crippen molar-refractivity contribution in [3.05, 3.63) is 86.5 Å². The normalized spacial score (nSPS) is 21.6. The average molecular weight is 777 g/mol. The van der Waals surface area contributed by atoms with Crippen LogP contribution in [0.15, 0.2) is 59.5 Å². The molecule has 4 N–H and O–H groups in total. The maximum Gasteiger partial charge on any atom is 0.405 e. The molecule has 0 aliphatic carbocycles. The van der Waals surface area contributed by atoms with Crippen molar-refractivity contribution in [1.82, 2.24) is 19.5 Å². The lowest BCUT2D eigenvalue weighted by Gasteiger charge is -2.33. The number of aliphatic hydroxyl groups is 1. The van der Waals surface area contributed by atoms with Crippen LogP contribution in [0.1, 0.15) is 41.9 Å². The van der Waals surface area contributed by atoms with E-state index in [1.807, 2.05) is 0 Å². The molecule has 0 radical (unpaired) electrons. The van der Waals surface area contributed by atoms with Gasteiger partial charge in [0.25, 0.3) is 5.91 Å². The summed E-state index contributed by atoms with van der Waals surface area (Å²) in [6.45, 7) is 0.0362. The molecule has 2 fully saturated rings. The molecule has 0 spiro atoms. The second-order valence-electron chi connectivity index (χ2n) is 12.1. The summed E-state index contributed by atoms with van der Waals surface area (Å²) >= 11 is 0. The van der Waals surface area contributed by atoms with E-state index in [2.05, 4.69) is 10.1 Å². The highest BCUT2D eigenvalue weighted by Crippen LogP contribution is 2.48. The molecule has 22 heteroatoms. The highest BCUT2D eigenvalue weighted by molar-refractivity contribution is 7.51. The van der Waals surface area contributed by atoms with Gasteiger partial charge in [-0.05, 0) is 60.9 Å². The van der Waals surface area contributed by atoms with Gasteiger partial charge in [-0.25, -0.2) is 14.4 Å². The Kier molecular flexibility index (Phi) is 11.8. The van der Waals surface area contributed by atoms with Crippen LogP contribution in [0, 0.1) is 16.0 Å². The van der Waals surface area contributed by atoms with Crippen molar-refractivity contribution >= 4 is 25.2 Å². The average Bonchev–Trinajstić information content (AvgIpc) is 3.33. The number of amides is 1. The molecule has 1 aromatic heterocycles. The van der Waals surface area contributed by atoms with Gasteiger partial charge in [-0.2, -0.15) is 26.9 Å². The Morgan fingerprint density at radius 3 is 2.45 bits per heavy atom. The van der Waals surface area contributed by atoms with Crippen LogP contribution in [0.5, 0.6) is 11.5 Å². The lowest BCUT2D eigenvalue weighted by molar-refractivity contribution is -0.385. The van der Waals surface area contributed by atoms with Crippen molar-refractivity contribution in [3.8, 4) is 11.5 Å². The van der Waals surface area contributed by atoms with Gasteiger partial charge in [-0.1, -0.05) is 6.92 Å². The number of nitrogens with two attached hydrogens (primary N) is 1. The van der Waals surface area contributed by atoms with Gasteiger partial charge in [0.05, 0.1) is 24.1 Å². The van der Waals surface area contributed by atoms with Gasteiger partial charge in [0, 0.05) is 37.5 Å². The fraction of sp³-hybridized carbons (Fsp3) is 0.452. The molecule has 16 nitrogen and oxygen atoms in total. The molecule has 5 rings (SSSR count). The van der Waals surface area contributed by atoms with Crippen molar-refractivity contribution in [2.24, 2.45) is 5.92 Å². The number of benzene rings is 2. The molecule has 3 aromatic rings. The first kappa shape index (κ1) is 39.7. The summed E-state index contributed by atoms with van der Waals surface area (Å²) in [5.41, 5.74) is 4.14. The Balaban J connectivity index is 1.23. The standard InChI is InChI=1S/C31H34F5N6O10P/c1-2-38-53(48,50-17-24-26(43)30(32,33)28(52-24)41-14-11-25(37)39-29(41)45)49-16-18-3-8-22(42(46)47)23(15-18)51-21-6-4-19(5-7-21)27(44)40-12-9-20(10-13-40)31(34,35)36/h3-8,11,14-15,20,24,26,28,43H,2,9-10,12-13,16-17H2,1H3,(H,38,48)(H2,37,39,45). The number of carbonyl (C=O) groups excluding carboxylic acids is 1. The number of rotatable bonds is 13. The number of anilines is 1. The molecular formula is C31H34F5N6O10P. The van der Waals surface area contributed by atoms with Crippen LogP contribution in [0.3, 0.4) is 0 Å². The van der Waals surface area contributed by atoms with Gasteiger partial charge in [0.1, 0.15) is 17.7 Å². The lowest BCUT2D eigenvalue weighted by Crippen LogP contribution is -2.42. The highest BCUT2D eigenvalue weighted by atomic mass is 31.2. The molecule has 2 aliphatic heterocycles. The summed E-state index contributed by atoms with van der Waals surface area (Å²) < 4.78 is 105. The number of nitrogens with one attached hydrogen (secondary N) is 1. The molecule has 2 saturated heterocycles. The fourth-order valence-electron chi connectivity index (χ4n) is 5.63. The van der Waals surface area contributed by atoms with Crippen molar-refractivity contribution in [2.45, 2.75) is 56.9 Å². The van der Waals surface area contributed by atoms with Gasteiger partial charge in [0.2, 0.25) is 12.0 Å². The summed E-state index contributed by atoms with van der Waals surface area (Å²) in [6, 6.07) is 10.1. The van der Waals surface area contributed by atoms with Gasteiger partial charge in [0.15, 0.2) is 6.10 Å². The smallest absolute Gasteiger partial charge is 0.405 e. The number of nitrogen functional groups attached to an aromatic ring is 1. The number of nitrogens with zero attached hydrogens (tertiary/aromatic N) is 4. The van der Waals surface area contributed by atoms with Crippen LogP contribution in [0.2, 0.25) is 0 Å². The van der Waals surface area contributed by atoms with Crippen LogP contribution in [-0.4, -0.2) is 80.9 Å². The van der Waals surface area contributed by atoms with Crippen LogP contribution in [0.25, 0.3) is 0 Å². The molecule has 4 atom stereocenters. The van der Waals surface area contributed by atoms with Gasteiger partial charge in [-0.15, -0.1) is 0 Å². The van der Waals surface area contributed by atoms with Crippen LogP contribution in [-0.2, 0) is 25.0 Å². The summed E-state index contributed by atoms with van der Waals surface area (Å²) in [5, 5.41) is 24.5. The predicted molar refractivity (Wildman–Crippen MR) is 174 cm³/mol. The summed E-state index contributed by atoms with van der Waals surface area (Å²) in [5.74, 6) is -6.38. The number of alkyl halides is 5. The number of hydrogen-bond acceptors (Lipinski definition) is 12. The third kappa shape index (κ3) is 9.17. The molecule has 2 aromatic carbocycles. The fourth-order valence-corrected chi connectivity index (χ4v) is 6.94. The van der Waals surface area contributed by atoms with Crippen molar-refractivity contribution in [2.75, 3.05) is 32.0 Å². The van der Waals surface area contributed by atoms with E-state index in [0.29, 0.717) is 4.57 Å². The van der Waals surface area contributed by atoms with E-state index in [-0.39, 0.29) is 60.9 Å². The highest BCUT2D eigenvalue weighted by Gasteiger charge is 2.60. The summed E-state index contributed by atoms with van der Waals surface area (Å²) in [7, 11) is -4.31. The number of piperidine rings is 1. The topological polar surface area (TPSA) is 211 Å². The molecule has 0 saturated carbocycles. The predicted octanol–water partition coefficient (Wildman–Crippen LogP) is 4.79. The van der Waals surface area contributed by atoms with Gasteiger partial charge in [-0.3, -0.25) is 28.5 Å². The Labute approximate surface area is 297 Å². The largest absolute Gasteiger partial charge is 0.450 e. The zero-order chi connectivity index (χ0) is 38.7. The molecule has 2 aliphatic rings. The first-order valence-electron chi connectivity index (χ1n) is 16.0. The van der Waals surface area contributed by atoms with E-state index < -0.39 is 79.6 Å². The monoisotopic (exact) mass is 776 g/mol. The van der Waals surface area contributed by atoms with Crippen LogP contribution < -0.4 is 21.2 Å². The Morgan fingerprint density at radius 2 is 1.85 bits per heavy atom. The lowest BCUT2D eigenvalue weighted by atomic mass is 9.96. The summed E-state index contributed by atoms with van der Waals surface area (Å²) in [6.07, 6.45) is -10.4. The number of hydrogen-bond donors (Lipinski definition) is 3. The minimum atomic E-state index is -4.33. The third-order valence-electron chi connectivity index (χ3n) is 8.44. The van der Waals surface area contributed by atoms with Crippen molar-refractivity contribution in [3.63, 3.8) is 0 Å². The van der Waals surface area contributed by atoms with Crippen LogP contribution >= 0.6 is 7.75 Å². The number of likely N-dealkylation sites (tertiary alicyclic amines) is 1. The number of aromatic nitrogens is 2. The molecule has 0 bridgehead atoms. The number of aliphatic hydroxyl groups excluding tert-OH is 1. The van der Waals surface area contributed by atoms with Crippen molar-refractivity contribution < 1.29 is 59.9 Å².